The van der Waals surface area contributed by atoms with E-state index >= 15 is 0 Å². The predicted molar refractivity (Wildman–Crippen MR) is 106 cm³/mol. The van der Waals surface area contributed by atoms with Gasteiger partial charge in [-0.25, -0.2) is 0 Å². The quantitative estimate of drug-likeness (QED) is 0.297. The van der Waals surface area contributed by atoms with Crippen molar-refractivity contribution in [1.82, 2.24) is 10.6 Å². The summed E-state index contributed by atoms with van der Waals surface area (Å²) >= 11 is 0. The average Bonchev–Trinajstić information content (AvgIpc) is 2.58. The van der Waals surface area contributed by atoms with Crippen molar-refractivity contribution in [1.29, 1.82) is 0 Å². The molecule has 1 aliphatic carbocycles. The summed E-state index contributed by atoms with van der Waals surface area (Å²) in [7, 11) is -3.38. The van der Waals surface area contributed by atoms with Crippen LogP contribution in [0.4, 0.5) is 0 Å². The Morgan fingerprint density at radius 2 is 1.85 bits per heavy atom. The molecule has 0 saturated heterocycles. The minimum Gasteiger partial charge on any atom is -0.391 e. The average molecular weight is 405 g/mol. The van der Waals surface area contributed by atoms with E-state index in [1.54, 1.807) is 0 Å². The molecule has 3 atom stereocenters. The molecule has 6 N–H and O–H groups in total. The van der Waals surface area contributed by atoms with Crippen molar-refractivity contribution < 1.29 is 24.2 Å². The lowest BCUT2D eigenvalue weighted by Gasteiger charge is -2.25. The van der Waals surface area contributed by atoms with E-state index in [9.17, 15) is 24.2 Å². The highest BCUT2D eigenvalue weighted by Gasteiger charge is 2.28. The van der Waals surface area contributed by atoms with Crippen molar-refractivity contribution in [2.75, 3.05) is 32.0 Å². The van der Waals surface area contributed by atoms with E-state index in [-0.39, 0.29) is 49.6 Å². The normalized spacial score (nSPS) is 20.1. The summed E-state index contributed by atoms with van der Waals surface area (Å²) in [6.07, 6.45) is 4.48. The smallest absolute Gasteiger partial charge is 0.234 e. The zero-order valence-corrected chi connectivity index (χ0v) is 17.4. The van der Waals surface area contributed by atoms with E-state index in [2.05, 4.69) is 10.6 Å². The number of hydrogen-bond acceptors (Lipinski definition) is 6. The largest absolute Gasteiger partial charge is 0.391 e. The molecule has 0 aliphatic heterocycles. The third kappa shape index (κ3) is 9.81. The van der Waals surface area contributed by atoms with Gasteiger partial charge in [-0.2, -0.15) is 0 Å². The van der Waals surface area contributed by atoms with Gasteiger partial charge in [0.15, 0.2) is 5.78 Å². The van der Waals surface area contributed by atoms with Gasteiger partial charge in [0.05, 0.1) is 31.4 Å². The van der Waals surface area contributed by atoms with Crippen molar-refractivity contribution in [2.45, 2.75) is 58.1 Å². The topological polar surface area (TPSA) is 142 Å². The fourth-order valence-electron chi connectivity index (χ4n) is 3.56. The van der Waals surface area contributed by atoms with Crippen molar-refractivity contribution >= 4 is 19.1 Å². The maximum Gasteiger partial charge on any atom is 0.234 e. The minimum atomic E-state index is -3.38. The molecule has 1 saturated carbocycles. The molecule has 1 rings (SSSR count). The molecule has 0 aromatic heterocycles. The van der Waals surface area contributed by atoms with Gasteiger partial charge < -0.3 is 26.4 Å². The van der Waals surface area contributed by atoms with Gasteiger partial charge in [0.2, 0.25) is 13.3 Å². The maximum atomic E-state index is 12.4. The maximum absolute atomic E-state index is 12.4. The summed E-state index contributed by atoms with van der Waals surface area (Å²) in [5.74, 6) is -0.429. The van der Waals surface area contributed by atoms with Gasteiger partial charge in [0.1, 0.15) is 0 Å². The van der Waals surface area contributed by atoms with E-state index in [1.807, 2.05) is 13.8 Å². The monoisotopic (exact) mass is 405 g/mol. The first-order valence-corrected chi connectivity index (χ1v) is 11.9. The third-order valence-electron chi connectivity index (χ3n) is 4.96. The second kappa shape index (κ2) is 11.9. The lowest BCUT2D eigenvalue weighted by atomic mass is 9.91. The molecule has 0 bridgehead atoms. The van der Waals surface area contributed by atoms with Crippen LogP contribution < -0.4 is 16.4 Å². The summed E-state index contributed by atoms with van der Waals surface area (Å²) in [5, 5.41) is 15.5. The Hall–Kier alpha value is -0.790. The second-order valence-corrected chi connectivity index (χ2v) is 10.4. The first-order chi connectivity index (χ1) is 12.6. The SMILES string of the molecule is CC(C)[C@H](NC(=O)CN)C(=O)CNC[C@@H](O)CP(=O)(O)CC1CCCCC1. The van der Waals surface area contributed by atoms with Crippen LogP contribution in [0.15, 0.2) is 0 Å². The molecule has 0 heterocycles. The Bertz CT molecular complexity index is 523. The fourth-order valence-corrected chi connectivity index (χ4v) is 5.67. The molecule has 1 unspecified atom stereocenters. The van der Waals surface area contributed by atoms with E-state index in [1.165, 1.54) is 6.42 Å². The summed E-state index contributed by atoms with van der Waals surface area (Å²) in [6.45, 7) is 3.47. The lowest BCUT2D eigenvalue weighted by Crippen LogP contribution is -2.49. The fraction of sp³-hybridized carbons (Fsp3) is 0.889. The van der Waals surface area contributed by atoms with Crippen LogP contribution in [0.3, 0.4) is 0 Å². The number of ketones is 1. The minimum absolute atomic E-state index is 0.0386. The Labute approximate surface area is 162 Å². The number of nitrogens with one attached hydrogen (secondary N) is 2. The van der Waals surface area contributed by atoms with Gasteiger partial charge in [-0.3, -0.25) is 14.2 Å². The summed E-state index contributed by atoms with van der Waals surface area (Å²) in [6, 6.07) is -0.652. The highest BCUT2D eigenvalue weighted by molar-refractivity contribution is 7.58. The Kier molecular flexibility index (Phi) is 10.7. The number of rotatable bonds is 12. The van der Waals surface area contributed by atoms with Crippen LogP contribution in [0.25, 0.3) is 0 Å². The van der Waals surface area contributed by atoms with Gasteiger partial charge in [-0.15, -0.1) is 0 Å². The molecule has 0 aromatic carbocycles. The van der Waals surface area contributed by atoms with Gasteiger partial charge in [-0.05, 0) is 24.7 Å². The number of aliphatic hydroxyl groups is 1. The summed E-state index contributed by atoms with van der Waals surface area (Å²) < 4.78 is 12.4. The molecule has 0 spiro atoms. The van der Waals surface area contributed by atoms with Crippen LogP contribution in [0.1, 0.15) is 46.0 Å². The van der Waals surface area contributed by atoms with E-state index < -0.39 is 25.4 Å². The zero-order valence-electron chi connectivity index (χ0n) is 16.5. The highest BCUT2D eigenvalue weighted by Crippen LogP contribution is 2.45. The Morgan fingerprint density at radius 1 is 1.22 bits per heavy atom. The molecular formula is C18H36N3O5P. The molecular weight excluding hydrogens is 369 g/mol. The van der Waals surface area contributed by atoms with Crippen LogP contribution in [0.2, 0.25) is 0 Å². The molecule has 0 radical (unpaired) electrons. The van der Waals surface area contributed by atoms with Crippen LogP contribution in [-0.2, 0) is 14.2 Å². The Morgan fingerprint density at radius 3 is 2.41 bits per heavy atom. The number of amides is 1. The van der Waals surface area contributed by atoms with Crippen molar-refractivity contribution in [3.05, 3.63) is 0 Å². The van der Waals surface area contributed by atoms with Crippen molar-refractivity contribution in [2.24, 2.45) is 17.6 Å². The number of hydrogen-bond donors (Lipinski definition) is 5. The van der Waals surface area contributed by atoms with E-state index in [0.717, 1.165) is 25.7 Å². The molecule has 1 aliphatic rings. The van der Waals surface area contributed by atoms with Crippen LogP contribution in [0.5, 0.6) is 0 Å². The summed E-state index contributed by atoms with van der Waals surface area (Å²) in [4.78, 5) is 33.9. The number of aliphatic hydroxyl groups excluding tert-OH is 1. The molecule has 27 heavy (non-hydrogen) atoms. The van der Waals surface area contributed by atoms with Gasteiger partial charge in [-0.1, -0.05) is 33.1 Å². The molecule has 9 heteroatoms. The Balaban J connectivity index is 2.37. The number of carbonyl (C=O) groups is 2. The first kappa shape index (κ1) is 24.2. The number of nitrogens with two attached hydrogens (primary N) is 1. The van der Waals surface area contributed by atoms with Crippen molar-refractivity contribution in [3.8, 4) is 0 Å². The van der Waals surface area contributed by atoms with Gasteiger partial charge >= 0.3 is 0 Å². The second-order valence-electron chi connectivity index (χ2n) is 7.96. The third-order valence-corrected chi connectivity index (χ3v) is 7.04. The predicted octanol–water partition coefficient (Wildman–Crippen LogP) is 0.456. The van der Waals surface area contributed by atoms with E-state index in [4.69, 9.17) is 5.73 Å². The van der Waals surface area contributed by atoms with Crippen LogP contribution in [0, 0.1) is 11.8 Å². The molecule has 1 fully saturated rings. The lowest BCUT2D eigenvalue weighted by molar-refractivity contribution is -0.127. The number of carbonyl (C=O) groups excluding carboxylic acids is 2. The van der Waals surface area contributed by atoms with Crippen LogP contribution in [-0.4, -0.2) is 65.8 Å². The zero-order chi connectivity index (χ0) is 20.4. The molecule has 8 nitrogen and oxygen atoms in total. The molecule has 0 aromatic rings. The van der Waals surface area contributed by atoms with Crippen LogP contribution >= 0.6 is 7.37 Å². The first-order valence-electron chi connectivity index (χ1n) is 9.86. The number of Topliss-reactive ketones (excluding diaryl/α,β-unsaturated/α-hetero) is 1. The molecule has 158 valence electrons. The summed E-state index contributed by atoms with van der Waals surface area (Å²) in [5.41, 5.74) is 5.26. The molecule has 1 amide bonds. The van der Waals surface area contributed by atoms with Crippen molar-refractivity contribution in [3.63, 3.8) is 0 Å². The highest BCUT2D eigenvalue weighted by atomic mass is 31.2. The van der Waals surface area contributed by atoms with Gasteiger partial charge in [0, 0.05) is 12.7 Å². The van der Waals surface area contributed by atoms with E-state index in [0.29, 0.717) is 0 Å². The van der Waals surface area contributed by atoms with Gasteiger partial charge in [0.25, 0.3) is 0 Å². The standard InChI is InChI=1S/C18H36N3O5P/c1-13(2)18(21-17(24)8-19)16(23)10-20-9-15(22)12-27(25,26)11-14-6-4-3-5-7-14/h13-15,18,20,22H,3-12,19H2,1-2H3,(H,21,24)(H,25,26)/t15-,18+/m1/s1.